The first-order valence-corrected chi connectivity index (χ1v) is 5.80. The van der Waals surface area contributed by atoms with Crippen molar-refractivity contribution in [3.8, 4) is 0 Å². The van der Waals surface area contributed by atoms with Crippen LogP contribution in [0.5, 0.6) is 0 Å². The monoisotopic (exact) mass is 260 g/mol. The van der Waals surface area contributed by atoms with Crippen LogP contribution in [0.25, 0.3) is 0 Å². The molecular formula is C12H16N6O. The Labute approximate surface area is 110 Å². The van der Waals surface area contributed by atoms with E-state index in [0.29, 0.717) is 23.7 Å². The summed E-state index contributed by atoms with van der Waals surface area (Å²) in [6.45, 7) is 2.14. The fourth-order valence-electron chi connectivity index (χ4n) is 1.58. The zero-order valence-corrected chi connectivity index (χ0v) is 10.8. The predicted molar refractivity (Wildman–Crippen MR) is 72.5 cm³/mol. The molecule has 0 atom stereocenters. The topological polar surface area (TPSA) is 99.9 Å². The van der Waals surface area contributed by atoms with Crippen LogP contribution in [-0.2, 0) is 6.54 Å². The summed E-state index contributed by atoms with van der Waals surface area (Å²) >= 11 is 0. The molecule has 2 rings (SSSR count). The van der Waals surface area contributed by atoms with Gasteiger partial charge in [-0.05, 0) is 25.1 Å². The van der Waals surface area contributed by atoms with Crippen LogP contribution < -0.4 is 11.1 Å². The minimum Gasteiger partial charge on any atom is -0.399 e. The van der Waals surface area contributed by atoms with Gasteiger partial charge in [0.2, 0.25) is 0 Å². The summed E-state index contributed by atoms with van der Waals surface area (Å²) in [5.41, 5.74) is 6.91. The summed E-state index contributed by atoms with van der Waals surface area (Å²) < 4.78 is 0. The quantitative estimate of drug-likeness (QED) is 0.725. The van der Waals surface area contributed by atoms with E-state index in [1.165, 1.54) is 4.90 Å². The van der Waals surface area contributed by atoms with Crippen LogP contribution in [0.2, 0.25) is 0 Å². The van der Waals surface area contributed by atoms with Crippen molar-refractivity contribution in [1.29, 1.82) is 0 Å². The van der Waals surface area contributed by atoms with Crippen molar-refractivity contribution in [1.82, 2.24) is 20.1 Å². The molecule has 0 fully saturated rings. The molecule has 0 saturated carbocycles. The van der Waals surface area contributed by atoms with Crippen molar-refractivity contribution in [2.75, 3.05) is 18.1 Å². The van der Waals surface area contributed by atoms with Gasteiger partial charge in [-0.3, -0.25) is 5.10 Å². The lowest BCUT2D eigenvalue weighted by Gasteiger charge is -2.16. The molecule has 0 aliphatic carbocycles. The maximum absolute atomic E-state index is 11.9. The highest BCUT2D eigenvalue weighted by Crippen LogP contribution is 2.12. The number of aryl methyl sites for hydroxylation is 1. The highest BCUT2D eigenvalue weighted by Gasteiger charge is 2.11. The summed E-state index contributed by atoms with van der Waals surface area (Å²) in [7, 11) is 1.67. The van der Waals surface area contributed by atoms with Crippen molar-refractivity contribution in [3.63, 3.8) is 0 Å². The Hall–Kier alpha value is -2.57. The van der Waals surface area contributed by atoms with Gasteiger partial charge >= 0.3 is 6.03 Å². The molecule has 0 unspecified atom stereocenters. The minimum absolute atomic E-state index is 0.243. The molecule has 0 radical (unpaired) electrons. The predicted octanol–water partition coefficient (Wildman–Crippen LogP) is 1.36. The van der Waals surface area contributed by atoms with Gasteiger partial charge in [-0.15, -0.1) is 0 Å². The smallest absolute Gasteiger partial charge is 0.321 e. The van der Waals surface area contributed by atoms with Crippen LogP contribution in [0.1, 0.15) is 11.6 Å². The SMILES string of the molecule is Cc1nc(CN(C)C(=O)Nc2cccc(N)c2)n[nH]1. The minimum atomic E-state index is -0.243. The number of urea groups is 1. The van der Waals surface area contributed by atoms with E-state index in [9.17, 15) is 4.79 Å². The van der Waals surface area contributed by atoms with Crippen LogP contribution in [0.15, 0.2) is 24.3 Å². The summed E-state index contributed by atoms with van der Waals surface area (Å²) in [6, 6.07) is 6.77. The van der Waals surface area contributed by atoms with E-state index in [-0.39, 0.29) is 6.03 Å². The lowest BCUT2D eigenvalue weighted by Crippen LogP contribution is -2.31. The first kappa shape index (κ1) is 12.9. The Morgan fingerprint density at radius 3 is 2.95 bits per heavy atom. The molecule has 100 valence electrons. The average Bonchev–Trinajstić information content (AvgIpc) is 2.74. The number of nitrogens with zero attached hydrogens (tertiary/aromatic N) is 3. The summed E-state index contributed by atoms with van der Waals surface area (Å²) in [5, 5.41) is 9.47. The Kier molecular flexibility index (Phi) is 3.65. The molecular weight excluding hydrogens is 244 g/mol. The number of aromatic nitrogens is 3. The lowest BCUT2D eigenvalue weighted by molar-refractivity contribution is 0.219. The maximum atomic E-state index is 11.9. The molecule has 0 aliphatic heterocycles. The van der Waals surface area contributed by atoms with Crippen LogP contribution >= 0.6 is 0 Å². The van der Waals surface area contributed by atoms with Gasteiger partial charge in [-0.1, -0.05) is 6.07 Å². The number of anilines is 2. The third-order valence-corrected chi connectivity index (χ3v) is 2.51. The molecule has 0 aliphatic rings. The van der Waals surface area contributed by atoms with E-state index in [1.807, 2.05) is 6.92 Å². The highest BCUT2D eigenvalue weighted by atomic mass is 16.2. The van der Waals surface area contributed by atoms with E-state index < -0.39 is 0 Å². The van der Waals surface area contributed by atoms with E-state index in [0.717, 1.165) is 5.82 Å². The largest absolute Gasteiger partial charge is 0.399 e. The van der Waals surface area contributed by atoms with Crippen molar-refractivity contribution in [2.45, 2.75) is 13.5 Å². The van der Waals surface area contributed by atoms with Crippen LogP contribution in [0, 0.1) is 6.92 Å². The van der Waals surface area contributed by atoms with E-state index >= 15 is 0 Å². The molecule has 2 amide bonds. The van der Waals surface area contributed by atoms with Gasteiger partial charge in [-0.25, -0.2) is 9.78 Å². The van der Waals surface area contributed by atoms with Gasteiger partial charge in [-0.2, -0.15) is 5.10 Å². The van der Waals surface area contributed by atoms with E-state index in [4.69, 9.17) is 5.73 Å². The summed E-state index contributed by atoms with van der Waals surface area (Å²) in [6.07, 6.45) is 0. The molecule has 0 bridgehead atoms. The number of benzene rings is 1. The Bertz CT molecular complexity index is 579. The first-order valence-electron chi connectivity index (χ1n) is 5.80. The zero-order chi connectivity index (χ0) is 13.8. The van der Waals surface area contributed by atoms with Crippen molar-refractivity contribution in [2.24, 2.45) is 0 Å². The number of carbonyl (C=O) groups excluding carboxylic acids is 1. The third-order valence-electron chi connectivity index (χ3n) is 2.51. The van der Waals surface area contributed by atoms with Gasteiger partial charge in [0.1, 0.15) is 5.82 Å². The molecule has 7 heteroatoms. The molecule has 19 heavy (non-hydrogen) atoms. The molecule has 1 aromatic carbocycles. The van der Waals surface area contributed by atoms with Crippen molar-refractivity contribution in [3.05, 3.63) is 35.9 Å². The number of nitrogen functional groups attached to an aromatic ring is 1. The van der Waals surface area contributed by atoms with Gasteiger partial charge in [0, 0.05) is 18.4 Å². The molecule has 0 saturated heterocycles. The van der Waals surface area contributed by atoms with Crippen molar-refractivity contribution >= 4 is 17.4 Å². The van der Waals surface area contributed by atoms with Gasteiger partial charge in [0.05, 0.1) is 6.54 Å². The fourth-order valence-corrected chi connectivity index (χ4v) is 1.58. The number of hydrogen-bond donors (Lipinski definition) is 3. The number of amides is 2. The number of nitrogens with one attached hydrogen (secondary N) is 2. The Balaban J connectivity index is 1.96. The lowest BCUT2D eigenvalue weighted by atomic mass is 10.3. The highest BCUT2D eigenvalue weighted by molar-refractivity contribution is 5.89. The molecule has 0 spiro atoms. The molecule has 1 aromatic heterocycles. The second kappa shape index (κ2) is 5.38. The maximum Gasteiger partial charge on any atom is 0.321 e. The Morgan fingerprint density at radius 1 is 1.53 bits per heavy atom. The normalized spacial score (nSPS) is 10.2. The number of nitrogens with two attached hydrogens (primary N) is 1. The summed E-state index contributed by atoms with van der Waals surface area (Å²) in [5.74, 6) is 1.29. The number of rotatable bonds is 3. The number of carbonyl (C=O) groups is 1. The molecule has 2 aromatic rings. The number of aromatic amines is 1. The van der Waals surface area contributed by atoms with Gasteiger partial charge < -0.3 is 16.0 Å². The molecule has 1 heterocycles. The zero-order valence-electron chi connectivity index (χ0n) is 10.8. The van der Waals surface area contributed by atoms with Crippen LogP contribution in [0.4, 0.5) is 16.2 Å². The first-order chi connectivity index (χ1) is 9.04. The second-order valence-corrected chi connectivity index (χ2v) is 4.25. The standard InChI is InChI=1S/C12H16N6O/c1-8-14-11(17-16-8)7-18(2)12(19)15-10-5-3-4-9(13)6-10/h3-6H,7,13H2,1-2H3,(H,15,19)(H,14,16,17). The van der Waals surface area contributed by atoms with E-state index in [2.05, 4.69) is 20.5 Å². The molecule has 4 N–H and O–H groups in total. The molecule has 7 nitrogen and oxygen atoms in total. The van der Waals surface area contributed by atoms with Gasteiger partial charge in [0.15, 0.2) is 5.82 Å². The Morgan fingerprint density at radius 2 is 2.32 bits per heavy atom. The third kappa shape index (κ3) is 3.44. The van der Waals surface area contributed by atoms with E-state index in [1.54, 1.807) is 31.3 Å². The number of H-pyrrole nitrogens is 1. The van der Waals surface area contributed by atoms with Crippen LogP contribution in [-0.4, -0.2) is 33.2 Å². The summed E-state index contributed by atoms with van der Waals surface area (Å²) in [4.78, 5) is 17.6. The number of hydrogen-bond acceptors (Lipinski definition) is 4. The average molecular weight is 260 g/mol. The van der Waals surface area contributed by atoms with Crippen molar-refractivity contribution < 1.29 is 4.79 Å². The van der Waals surface area contributed by atoms with Gasteiger partial charge in [0.25, 0.3) is 0 Å². The van der Waals surface area contributed by atoms with Crippen LogP contribution in [0.3, 0.4) is 0 Å². The second-order valence-electron chi connectivity index (χ2n) is 4.25. The fraction of sp³-hybridized carbons (Fsp3) is 0.250.